The number of nitrogens with one attached hydrogen (secondary N) is 1. The van der Waals surface area contributed by atoms with Crippen molar-refractivity contribution in [1.29, 1.82) is 0 Å². The van der Waals surface area contributed by atoms with Crippen LogP contribution >= 0.6 is 43.2 Å². The van der Waals surface area contributed by atoms with Gasteiger partial charge in [-0.15, -0.1) is 11.3 Å². The minimum Gasteiger partial charge on any atom is -0.306 e. The highest BCUT2D eigenvalue weighted by molar-refractivity contribution is 9.12. The average molecular weight is 390 g/mol. The van der Waals surface area contributed by atoms with Crippen molar-refractivity contribution in [3.8, 4) is 0 Å². The summed E-state index contributed by atoms with van der Waals surface area (Å²) in [6.07, 6.45) is 3.81. The van der Waals surface area contributed by atoms with Gasteiger partial charge in [0.1, 0.15) is 0 Å². The molecule has 1 N–H and O–H groups in total. The number of rotatable bonds is 4. The second-order valence-corrected chi connectivity index (χ2v) is 7.82. The Balaban J connectivity index is 2.42. The summed E-state index contributed by atoms with van der Waals surface area (Å²) in [5.41, 5.74) is 3.63. The van der Waals surface area contributed by atoms with Crippen molar-refractivity contribution >= 4 is 43.2 Å². The lowest BCUT2D eigenvalue weighted by molar-refractivity contribution is 0.628. The lowest BCUT2D eigenvalue weighted by Gasteiger charge is -2.18. The summed E-state index contributed by atoms with van der Waals surface area (Å²) in [4.78, 5) is 4.29. The Morgan fingerprint density at radius 1 is 1.33 bits per heavy atom. The van der Waals surface area contributed by atoms with Gasteiger partial charge in [0.2, 0.25) is 0 Å². The highest BCUT2D eigenvalue weighted by Gasteiger charge is 2.18. The highest BCUT2D eigenvalue weighted by atomic mass is 79.9. The maximum Gasteiger partial charge on any atom is 0.0761 e. The van der Waals surface area contributed by atoms with E-state index in [1.165, 1.54) is 16.7 Å². The predicted molar refractivity (Wildman–Crippen MR) is 84.2 cm³/mol. The molecule has 0 spiro atoms. The van der Waals surface area contributed by atoms with Crippen molar-refractivity contribution in [3.63, 3.8) is 0 Å². The Morgan fingerprint density at radius 2 is 2.11 bits per heavy atom. The Labute approximate surface area is 128 Å². The fraction of sp³-hybridized carbons (Fsp3) is 0.308. The van der Waals surface area contributed by atoms with E-state index in [2.05, 4.69) is 68.1 Å². The van der Waals surface area contributed by atoms with Gasteiger partial charge in [0, 0.05) is 12.4 Å². The topological polar surface area (TPSA) is 24.9 Å². The number of aromatic nitrogens is 1. The fourth-order valence-corrected chi connectivity index (χ4v) is 4.80. The van der Waals surface area contributed by atoms with Crippen LogP contribution in [0.25, 0.3) is 0 Å². The highest BCUT2D eigenvalue weighted by Crippen LogP contribution is 2.37. The quantitative estimate of drug-likeness (QED) is 0.821. The molecule has 96 valence electrons. The Morgan fingerprint density at radius 3 is 2.67 bits per heavy atom. The minimum atomic E-state index is 0.180. The first-order valence-corrected chi connectivity index (χ1v) is 8.11. The van der Waals surface area contributed by atoms with Crippen molar-refractivity contribution in [3.05, 3.63) is 48.8 Å². The maximum atomic E-state index is 4.29. The number of nitrogens with zero attached hydrogens (tertiary/aromatic N) is 1. The van der Waals surface area contributed by atoms with E-state index in [4.69, 9.17) is 0 Å². The van der Waals surface area contributed by atoms with Crippen molar-refractivity contribution in [1.82, 2.24) is 10.3 Å². The van der Waals surface area contributed by atoms with Crippen molar-refractivity contribution < 1.29 is 0 Å². The first kappa shape index (κ1) is 14.2. The smallest absolute Gasteiger partial charge is 0.0761 e. The molecular weight excluding hydrogens is 376 g/mol. The van der Waals surface area contributed by atoms with Crippen LogP contribution in [0.3, 0.4) is 0 Å². The third-order valence-electron chi connectivity index (χ3n) is 2.63. The molecule has 2 aromatic rings. The van der Waals surface area contributed by atoms with Gasteiger partial charge in [-0.25, -0.2) is 0 Å². The van der Waals surface area contributed by atoms with Crippen LogP contribution < -0.4 is 5.32 Å². The van der Waals surface area contributed by atoms with E-state index in [9.17, 15) is 0 Å². The zero-order valence-electron chi connectivity index (χ0n) is 10.2. The summed E-state index contributed by atoms with van der Waals surface area (Å²) >= 11 is 8.86. The molecule has 2 nitrogen and oxygen atoms in total. The molecule has 2 rings (SSSR count). The Kier molecular flexibility index (Phi) is 4.95. The number of thiophene rings is 1. The molecular formula is C13H14Br2N2S. The molecule has 0 aromatic carbocycles. The molecule has 0 aliphatic rings. The SMILES string of the molecule is CCNC(c1cncc(C)c1)c1cc(Br)sc1Br. The van der Waals surface area contributed by atoms with Gasteiger partial charge in [-0.2, -0.15) is 0 Å². The standard InChI is InChI=1S/C13H14Br2N2S/c1-3-17-12(9-4-8(2)6-16-7-9)10-5-11(14)18-13(10)15/h4-7,12,17H,3H2,1-2H3. The first-order valence-electron chi connectivity index (χ1n) is 5.71. The number of aryl methyl sites for hydroxylation is 1. The van der Waals surface area contributed by atoms with E-state index in [-0.39, 0.29) is 6.04 Å². The van der Waals surface area contributed by atoms with Crippen LogP contribution in [0.4, 0.5) is 0 Å². The second kappa shape index (κ2) is 6.28. The van der Waals surface area contributed by atoms with Crippen LogP contribution in [-0.4, -0.2) is 11.5 Å². The molecule has 18 heavy (non-hydrogen) atoms. The molecule has 0 saturated carbocycles. The molecule has 0 amide bonds. The summed E-state index contributed by atoms with van der Waals surface area (Å²) in [6, 6.07) is 4.52. The summed E-state index contributed by atoms with van der Waals surface area (Å²) in [5, 5.41) is 3.51. The van der Waals surface area contributed by atoms with Gasteiger partial charge in [-0.1, -0.05) is 13.0 Å². The van der Waals surface area contributed by atoms with Crippen LogP contribution in [-0.2, 0) is 0 Å². The molecule has 1 unspecified atom stereocenters. The molecule has 1 atom stereocenters. The van der Waals surface area contributed by atoms with Crippen molar-refractivity contribution in [2.75, 3.05) is 6.54 Å². The maximum absolute atomic E-state index is 4.29. The molecule has 0 radical (unpaired) electrons. The van der Waals surface area contributed by atoms with Gasteiger partial charge < -0.3 is 5.32 Å². The van der Waals surface area contributed by atoms with Gasteiger partial charge >= 0.3 is 0 Å². The van der Waals surface area contributed by atoms with E-state index >= 15 is 0 Å². The lowest BCUT2D eigenvalue weighted by Crippen LogP contribution is -2.22. The molecule has 0 fully saturated rings. The van der Waals surface area contributed by atoms with Crippen LogP contribution in [0, 0.1) is 6.92 Å². The fourth-order valence-electron chi connectivity index (χ4n) is 1.90. The monoisotopic (exact) mass is 388 g/mol. The summed E-state index contributed by atoms with van der Waals surface area (Å²) in [6.45, 7) is 5.10. The molecule has 2 heterocycles. The Hall–Kier alpha value is -0.230. The third kappa shape index (κ3) is 3.20. The second-order valence-electron chi connectivity index (χ2n) is 4.07. The molecule has 0 saturated heterocycles. The zero-order valence-corrected chi connectivity index (χ0v) is 14.2. The van der Waals surface area contributed by atoms with Gasteiger partial charge in [0.15, 0.2) is 0 Å². The number of pyridine rings is 1. The van der Waals surface area contributed by atoms with E-state index in [0.717, 1.165) is 14.1 Å². The molecule has 0 aliphatic heterocycles. The molecule has 0 aliphatic carbocycles. The largest absolute Gasteiger partial charge is 0.306 e. The van der Waals surface area contributed by atoms with E-state index in [0.29, 0.717) is 0 Å². The normalized spacial score (nSPS) is 12.7. The number of halogens is 2. The van der Waals surface area contributed by atoms with Crippen LogP contribution in [0.1, 0.15) is 29.7 Å². The number of hydrogen-bond acceptors (Lipinski definition) is 3. The minimum absolute atomic E-state index is 0.180. The lowest BCUT2D eigenvalue weighted by atomic mass is 10.0. The van der Waals surface area contributed by atoms with E-state index < -0.39 is 0 Å². The predicted octanol–water partition coefficient (Wildman–Crippen LogP) is 4.68. The van der Waals surface area contributed by atoms with Gasteiger partial charge in [-0.05, 0) is 68.1 Å². The zero-order chi connectivity index (χ0) is 13.1. The van der Waals surface area contributed by atoms with Crippen LogP contribution in [0.15, 0.2) is 32.1 Å². The van der Waals surface area contributed by atoms with Gasteiger partial charge in [-0.3, -0.25) is 4.98 Å². The molecule has 2 aromatic heterocycles. The van der Waals surface area contributed by atoms with E-state index in [1.54, 1.807) is 11.3 Å². The van der Waals surface area contributed by atoms with Crippen molar-refractivity contribution in [2.24, 2.45) is 0 Å². The van der Waals surface area contributed by atoms with Crippen molar-refractivity contribution in [2.45, 2.75) is 19.9 Å². The van der Waals surface area contributed by atoms with Crippen LogP contribution in [0.5, 0.6) is 0 Å². The molecule has 0 bridgehead atoms. The Bertz CT molecular complexity index is 540. The first-order chi connectivity index (χ1) is 8.61. The summed E-state index contributed by atoms with van der Waals surface area (Å²) < 4.78 is 2.29. The van der Waals surface area contributed by atoms with Gasteiger partial charge in [0.25, 0.3) is 0 Å². The third-order valence-corrected chi connectivity index (χ3v) is 5.02. The summed E-state index contributed by atoms with van der Waals surface area (Å²) in [5.74, 6) is 0. The molecule has 5 heteroatoms. The summed E-state index contributed by atoms with van der Waals surface area (Å²) in [7, 11) is 0. The van der Waals surface area contributed by atoms with Gasteiger partial charge in [0.05, 0.1) is 13.6 Å². The van der Waals surface area contributed by atoms with E-state index in [1.807, 2.05) is 12.4 Å². The van der Waals surface area contributed by atoms with Crippen LogP contribution in [0.2, 0.25) is 0 Å². The average Bonchev–Trinajstić information content (AvgIpc) is 2.65. The number of hydrogen-bond donors (Lipinski definition) is 1.